The Morgan fingerprint density at radius 3 is 2.41 bits per heavy atom. The molecule has 2 aliphatic rings. The van der Waals surface area contributed by atoms with E-state index in [1.165, 1.54) is 0 Å². The summed E-state index contributed by atoms with van der Waals surface area (Å²) >= 11 is 3.58. The van der Waals surface area contributed by atoms with Crippen LogP contribution < -0.4 is 18.9 Å². The van der Waals surface area contributed by atoms with Gasteiger partial charge in [-0.1, -0.05) is 0 Å². The van der Waals surface area contributed by atoms with Gasteiger partial charge in [0.1, 0.15) is 29.6 Å². The van der Waals surface area contributed by atoms with Gasteiger partial charge in [0.05, 0.1) is 37.2 Å². The first-order chi connectivity index (χ1) is 17.7. The van der Waals surface area contributed by atoms with Crippen LogP contribution in [0.1, 0.15) is 29.9 Å². The van der Waals surface area contributed by atoms with Crippen LogP contribution in [0.15, 0.2) is 34.8 Å². The SMILES string of the molecule is COc1cc(OC)cc(-n2nc(C(=O)N3CCS(=O)CC3(C)C)c3c2-c2cc(Br)c(OC)cc2OC3)c1. The molecule has 1 aromatic heterocycles. The lowest BCUT2D eigenvalue weighted by Crippen LogP contribution is -2.56. The van der Waals surface area contributed by atoms with E-state index in [-0.39, 0.29) is 12.5 Å². The third kappa shape index (κ3) is 4.48. The molecule has 5 rings (SSSR count). The molecule has 0 saturated carbocycles. The zero-order valence-electron chi connectivity index (χ0n) is 21.3. The summed E-state index contributed by atoms with van der Waals surface area (Å²) in [4.78, 5) is 15.8. The topological polar surface area (TPSA) is 92.1 Å². The second-order valence-electron chi connectivity index (χ2n) is 9.49. The van der Waals surface area contributed by atoms with Crippen molar-refractivity contribution >= 4 is 32.6 Å². The molecule has 0 aliphatic carbocycles. The van der Waals surface area contributed by atoms with Gasteiger partial charge < -0.3 is 23.8 Å². The highest BCUT2D eigenvalue weighted by Crippen LogP contribution is 2.45. The molecular weight excluding hydrogens is 562 g/mol. The summed E-state index contributed by atoms with van der Waals surface area (Å²) in [7, 11) is 3.80. The molecule has 1 saturated heterocycles. The number of methoxy groups -OCH3 is 3. The van der Waals surface area contributed by atoms with Gasteiger partial charge in [0, 0.05) is 69.8 Å². The average molecular weight is 590 g/mol. The maximum Gasteiger partial charge on any atom is 0.275 e. The smallest absolute Gasteiger partial charge is 0.275 e. The molecule has 2 aromatic carbocycles. The van der Waals surface area contributed by atoms with Gasteiger partial charge >= 0.3 is 0 Å². The molecule has 0 radical (unpaired) electrons. The molecular formula is C26H28BrN3O6S. The highest BCUT2D eigenvalue weighted by molar-refractivity contribution is 9.10. The second-order valence-corrected chi connectivity index (χ2v) is 11.9. The summed E-state index contributed by atoms with van der Waals surface area (Å²) in [5.74, 6) is 3.08. The summed E-state index contributed by atoms with van der Waals surface area (Å²) in [5.41, 5.74) is 2.59. The van der Waals surface area contributed by atoms with Crippen LogP contribution in [0.3, 0.4) is 0 Å². The van der Waals surface area contributed by atoms with E-state index in [1.54, 1.807) is 37.0 Å². The lowest BCUT2D eigenvalue weighted by atomic mass is 10.00. The van der Waals surface area contributed by atoms with Crippen molar-refractivity contribution in [1.82, 2.24) is 14.7 Å². The fraction of sp³-hybridized carbons (Fsp3) is 0.385. The minimum Gasteiger partial charge on any atom is -0.497 e. The second kappa shape index (κ2) is 9.68. The van der Waals surface area contributed by atoms with Crippen molar-refractivity contribution in [2.75, 3.05) is 39.4 Å². The number of fused-ring (bicyclic) bond motifs is 3. The molecule has 1 atom stereocenters. The number of rotatable bonds is 5. The Hall–Kier alpha value is -3.05. The fourth-order valence-electron chi connectivity index (χ4n) is 4.83. The van der Waals surface area contributed by atoms with Crippen LogP contribution in [0, 0.1) is 0 Å². The van der Waals surface area contributed by atoms with E-state index in [2.05, 4.69) is 15.9 Å². The van der Waals surface area contributed by atoms with E-state index in [0.29, 0.717) is 58.0 Å². The first-order valence-electron chi connectivity index (χ1n) is 11.7. The van der Waals surface area contributed by atoms with E-state index in [9.17, 15) is 9.00 Å². The monoisotopic (exact) mass is 589 g/mol. The predicted molar refractivity (Wildman–Crippen MR) is 144 cm³/mol. The Morgan fingerprint density at radius 1 is 1.08 bits per heavy atom. The molecule has 2 aliphatic heterocycles. The average Bonchev–Trinajstić information content (AvgIpc) is 3.27. The summed E-state index contributed by atoms with van der Waals surface area (Å²) in [6.07, 6.45) is 0. The van der Waals surface area contributed by atoms with Gasteiger partial charge in [0.2, 0.25) is 0 Å². The first-order valence-corrected chi connectivity index (χ1v) is 14.0. The van der Waals surface area contributed by atoms with Gasteiger partial charge in [0.15, 0.2) is 5.69 Å². The van der Waals surface area contributed by atoms with Gasteiger partial charge in [-0.2, -0.15) is 5.10 Å². The van der Waals surface area contributed by atoms with Gasteiger partial charge in [-0.3, -0.25) is 9.00 Å². The Bertz CT molecular complexity index is 1400. The molecule has 3 aromatic rings. The highest BCUT2D eigenvalue weighted by atomic mass is 79.9. The number of benzene rings is 2. The van der Waals surface area contributed by atoms with Crippen LogP contribution in [0.4, 0.5) is 0 Å². The van der Waals surface area contributed by atoms with Crippen molar-refractivity contribution in [3.05, 3.63) is 46.1 Å². The molecule has 1 fully saturated rings. The first kappa shape index (κ1) is 25.6. The van der Waals surface area contributed by atoms with Gasteiger partial charge in [-0.25, -0.2) is 4.68 Å². The molecule has 9 nitrogen and oxygen atoms in total. The number of hydrogen-bond acceptors (Lipinski definition) is 7. The van der Waals surface area contributed by atoms with Crippen LogP contribution in [0.5, 0.6) is 23.0 Å². The summed E-state index contributed by atoms with van der Waals surface area (Å²) in [6.45, 7) is 4.43. The molecule has 1 amide bonds. The minimum atomic E-state index is -0.962. The summed E-state index contributed by atoms with van der Waals surface area (Å²) < 4.78 is 37.3. The van der Waals surface area contributed by atoms with E-state index < -0.39 is 16.3 Å². The molecule has 0 spiro atoms. The fourth-order valence-corrected chi connectivity index (χ4v) is 6.81. The quantitative estimate of drug-likeness (QED) is 0.440. The largest absolute Gasteiger partial charge is 0.497 e. The van der Waals surface area contributed by atoms with Crippen molar-refractivity contribution < 1.29 is 28.0 Å². The Labute approximate surface area is 226 Å². The van der Waals surface area contributed by atoms with Crippen molar-refractivity contribution in [3.8, 4) is 39.9 Å². The van der Waals surface area contributed by atoms with Crippen molar-refractivity contribution in [2.24, 2.45) is 0 Å². The highest BCUT2D eigenvalue weighted by Gasteiger charge is 2.40. The van der Waals surface area contributed by atoms with Crippen LogP contribution in [-0.4, -0.2) is 69.7 Å². The van der Waals surface area contributed by atoms with Crippen molar-refractivity contribution in [1.29, 1.82) is 0 Å². The predicted octanol–water partition coefficient (Wildman–Crippen LogP) is 4.20. The van der Waals surface area contributed by atoms with E-state index in [1.807, 2.05) is 38.1 Å². The Balaban J connectivity index is 1.73. The molecule has 3 heterocycles. The molecule has 196 valence electrons. The molecule has 0 N–H and O–H groups in total. The van der Waals surface area contributed by atoms with E-state index in [0.717, 1.165) is 15.7 Å². The van der Waals surface area contributed by atoms with Crippen LogP contribution in [0.25, 0.3) is 16.9 Å². The number of carbonyl (C=O) groups is 1. The number of aromatic nitrogens is 2. The Kier molecular flexibility index (Phi) is 6.70. The van der Waals surface area contributed by atoms with E-state index >= 15 is 0 Å². The number of nitrogens with zero attached hydrogens (tertiary/aromatic N) is 3. The molecule has 1 unspecified atom stereocenters. The zero-order valence-corrected chi connectivity index (χ0v) is 23.7. The van der Waals surface area contributed by atoms with E-state index in [4.69, 9.17) is 24.0 Å². The third-order valence-electron chi connectivity index (χ3n) is 6.68. The standard InChI is InChI=1S/C26H28BrN3O6S/c1-26(2)14-37(32)7-6-29(26)25(31)23-19-13-36-21-12-22(35-5)20(27)11-18(21)24(19)30(28-23)15-8-16(33-3)10-17(9-15)34-4/h8-12H,6-7,13-14H2,1-5H3. The van der Waals surface area contributed by atoms with Crippen molar-refractivity contribution in [2.45, 2.75) is 26.0 Å². The summed E-state index contributed by atoms with van der Waals surface area (Å²) in [5, 5.41) is 4.86. The van der Waals surface area contributed by atoms with Gasteiger partial charge in [0.25, 0.3) is 5.91 Å². The lowest BCUT2D eigenvalue weighted by molar-refractivity contribution is 0.0585. The number of ether oxygens (including phenoxy) is 4. The van der Waals surface area contributed by atoms with Crippen LogP contribution in [0.2, 0.25) is 0 Å². The maximum absolute atomic E-state index is 14.0. The van der Waals surface area contributed by atoms with Crippen LogP contribution >= 0.6 is 15.9 Å². The maximum atomic E-state index is 14.0. The number of amides is 1. The number of hydrogen-bond donors (Lipinski definition) is 0. The normalized spacial score (nSPS) is 17.9. The molecule has 37 heavy (non-hydrogen) atoms. The Morgan fingerprint density at radius 2 is 1.78 bits per heavy atom. The number of halogens is 1. The molecule has 0 bridgehead atoms. The lowest BCUT2D eigenvalue weighted by Gasteiger charge is -2.41. The summed E-state index contributed by atoms with van der Waals surface area (Å²) in [6, 6.07) is 9.18. The van der Waals surface area contributed by atoms with Crippen LogP contribution in [-0.2, 0) is 17.4 Å². The zero-order chi connectivity index (χ0) is 26.5. The van der Waals surface area contributed by atoms with Gasteiger partial charge in [-0.15, -0.1) is 0 Å². The minimum absolute atomic E-state index is 0.162. The molecule has 11 heteroatoms. The van der Waals surface area contributed by atoms with Gasteiger partial charge in [-0.05, 0) is 35.8 Å². The van der Waals surface area contributed by atoms with Crippen molar-refractivity contribution in [3.63, 3.8) is 0 Å². The third-order valence-corrected chi connectivity index (χ3v) is 8.97. The number of carbonyl (C=O) groups excluding carboxylic acids is 1.